The zero-order valence-electron chi connectivity index (χ0n) is 12.5. The summed E-state index contributed by atoms with van der Waals surface area (Å²) in [6.45, 7) is 5.48. The highest BCUT2D eigenvalue weighted by atomic mass is 15.2. The number of nitrogens with zero attached hydrogens (tertiary/aromatic N) is 3. The fourth-order valence-electron chi connectivity index (χ4n) is 3.20. The molecule has 2 heterocycles. The molecule has 1 atom stereocenters. The van der Waals surface area contributed by atoms with E-state index in [2.05, 4.69) is 54.1 Å². The first kappa shape index (κ1) is 13.6. The maximum absolute atomic E-state index is 8.91. The number of anilines is 1. The van der Waals surface area contributed by atoms with Crippen LogP contribution in [0.25, 0.3) is 0 Å². The van der Waals surface area contributed by atoms with Crippen molar-refractivity contribution in [1.29, 1.82) is 5.26 Å². The molecular formula is C18H19N3. The van der Waals surface area contributed by atoms with E-state index >= 15 is 0 Å². The monoisotopic (exact) mass is 277 g/mol. The summed E-state index contributed by atoms with van der Waals surface area (Å²) in [5.41, 5.74) is 3.46. The predicted octanol–water partition coefficient (Wildman–Crippen LogP) is 3.71. The smallest absolute Gasteiger partial charge is 0.129 e. The van der Waals surface area contributed by atoms with E-state index < -0.39 is 0 Å². The molecule has 106 valence electrons. The van der Waals surface area contributed by atoms with Gasteiger partial charge in [-0.15, -0.1) is 0 Å². The topological polar surface area (TPSA) is 39.9 Å². The highest BCUT2D eigenvalue weighted by Crippen LogP contribution is 2.37. The van der Waals surface area contributed by atoms with Crippen LogP contribution in [-0.2, 0) is 6.42 Å². The number of hydrogen-bond acceptors (Lipinski definition) is 3. The molecule has 1 aliphatic heterocycles. The van der Waals surface area contributed by atoms with Gasteiger partial charge in [0.2, 0.25) is 0 Å². The number of rotatable bonds is 2. The summed E-state index contributed by atoms with van der Waals surface area (Å²) in [4.78, 5) is 6.85. The summed E-state index contributed by atoms with van der Waals surface area (Å²) in [6, 6.07) is 15.0. The number of nitriles is 1. The van der Waals surface area contributed by atoms with Gasteiger partial charge in [0, 0.05) is 12.7 Å². The van der Waals surface area contributed by atoms with Crippen molar-refractivity contribution in [3.05, 3.63) is 59.3 Å². The van der Waals surface area contributed by atoms with Gasteiger partial charge in [0.15, 0.2) is 0 Å². The van der Waals surface area contributed by atoms with Crippen LogP contribution in [-0.4, -0.2) is 11.5 Å². The normalized spacial score (nSPS) is 17.4. The summed E-state index contributed by atoms with van der Waals surface area (Å²) >= 11 is 0. The first-order chi connectivity index (χ1) is 10.2. The maximum Gasteiger partial charge on any atom is 0.129 e. The summed E-state index contributed by atoms with van der Waals surface area (Å²) in [7, 11) is 0. The van der Waals surface area contributed by atoms with Gasteiger partial charge in [-0.25, -0.2) is 4.98 Å². The number of fused-ring (bicyclic) bond motifs is 1. The second-order valence-corrected chi connectivity index (χ2v) is 5.85. The molecule has 2 aromatic rings. The first-order valence-corrected chi connectivity index (χ1v) is 7.41. The second kappa shape index (κ2) is 5.57. The van der Waals surface area contributed by atoms with E-state index in [4.69, 9.17) is 5.26 Å². The Hall–Kier alpha value is -2.34. The van der Waals surface area contributed by atoms with E-state index in [9.17, 15) is 0 Å². The van der Waals surface area contributed by atoms with Crippen molar-refractivity contribution in [3.8, 4) is 6.07 Å². The fraction of sp³-hybridized carbons (Fsp3) is 0.333. The molecule has 0 spiro atoms. The molecule has 3 rings (SSSR count). The third kappa shape index (κ3) is 2.50. The Morgan fingerprint density at radius 2 is 2.05 bits per heavy atom. The molecular weight excluding hydrogens is 258 g/mol. The van der Waals surface area contributed by atoms with Gasteiger partial charge in [0.05, 0.1) is 11.6 Å². The Bertz CT molecular complexity index is 668. The summed E-state index contributed by atoms with van der Waals surface area (Å²) in [6.07, 6.45) is 2.70. The van der Waals surface area contributed by atoms with Crippen LogP contribution in [0.5, 0.6) is 0 Å². The lowest BCUT2D eigenvalue weighted by atomic mass is 9.86. The zero-order chi connectivity index (χ0) is 14.8. The third-order valence-electron chi connectivity index (χ3n) is 4.13. The molecule has 1 aliphatic rings. The number of aromatic nitrogens is 1. The van der Waals surface area contributed by atoms with Crippen LogP contribution in [0, 0.1) is 17.2 Å². The maximum atomic E-state index is 8.91. The quantitative estimate of drug-likeness (QED) is 0.840. The molecule has 0 saturated carbocycles. The van der Waals surface area contributed by atoms with Crippen LogP contribution in [0.1, 0.15) is 36.6 Å². The summed E-state index contributed by atoms with van der Waals surface area (Å²) < 4.78 is 0. The molecule has 21 heavy (non-hydrogen) atoms. The predicted molar refractivity (Wildman–Crippen MR) is 84.0 cm³/mol. The van der Waals surface area contributed by atoms with Crippen molar-refractivity contribution < 1.29 is 0 Å². The van der Waals surface area contributed by atoms with Gasteiger partial charge in [-0.1, -0.05) is 38.1 Å². The number of pyridine rings is 1. The SMILES string of the molecule is CC(C)C1c2ccccc2CCN1c1ccc(C#N)cn1. The van der Waals surface area contributed by atoms with Crippen LogP contribution in [0.4, 0.5) is 5.82 Å². The van der Waals surface area contributed by atoms with Crippen molar-refractivity contribution in [3.63, 3.8) is 0 Å². The van der Waals surface area contributed by atoms with Crippen LogP contribution < -0.4 is 4.90 Å². The van der Waals surface area contributed by atoms with Crippen molar-refractivity contribution >= 4 is 5.82 Å². The van der Waals surface area contributed by atoms with Crippen LogP contribution in [0.2, 0.25) is 0 Å². The second-order valence-electron chi connectivity index (χ2n) is 5.85. The van der Waals surface area contributed by atoms with Crippen LogP contribution >= 0.6 is 0 Å². The van der Waals surface area contributed by atoms with Crippen LogP contribution in [0.3, 0.4) is 0 Å². The average Bonchev–Trinajstić information content (AvgIpc) is 2.53. The lowest BCUT2D eigenvalue weighted by molar-refractivity contribution is 0.447. The Balaban J connectivity index is 2.00. The molecule has 0 N–H and O–H groups in total. The van der Waals surface area contributed by atoms with Crippen molar-refractivity contribution in [2.24, 2.45) is 5.92 Å². The van der Waals surface area contributed by atoms with Crippen molar-refractivity contribution in [1.82, 2.24) is 4.98 Å². The minimum atomic E-state index is 0.343. The zero-order valence-corrected chi connectivity index (χ0v) is 12.5. The molecule has 1 aromatic carbocycles. The standard InChI is InChI=1S/C18H19N3/c1-13(2)18-16-6-4-3-5-15(16)9-10-21(18)17-8-7-14(11-19)12-20-17/h3-8,12-13,18H,9-10H2,1-2H3. The van der Waals surface area contributed by atoms with E-state index in [1.54, 1.807) is 6.20 Å². The van der Waals surface area contributed by atoms with E-state index in [0.717, 1.165) is 18.8 Å². The lowest BCUT2D eigenvalue weighted by Gasteiger charge is -2.40. The molecule has 3 heteroatoms. The van der Waals surface area contributed by atoms with Gasteiger partial charge >= 0.3 is 0 Å². The van der Waals surface area contributed by atoms with Gasteiger partial charge < -0.3 is 4.90 Å². The largest absolute Gasteiger partial charge is 0.349 e. The molecule has 0 fully saturated rings. The minimum absolute atomic E-state index is 0.343. The van der Waals surface area contributed by atoms with Gasteiger partial charge in [-0.05, 0) is 35.6 Å². The van der Waals surface area contributed by atoms with Crippen molar-refractivity contribution in [2.75, 3.05) is 11.4 Å². The summed E-state index contributed by atoms with van der Waals surface area (Å²) in [5.74, 6) is 1.46. The van der Waals surface area contributed by atoms with Gasteiger partial charge in [-0.3, -0.25) is 0 Å². The van der Waals surface area contributed by atoms with Gasteiger partial charge in [0.1, 0.15) is 11.9 Å². The number of hydrogen-bond donors (Lipinski definition) is 0. The Morgan fingerprint density at radius 3 is 2.71 bits per heavy atom. The first-order valence-electron chi connectivity index (χ1n) is 7.41. The van der Waals surface area contributed by atoms with E-state index in [-0.39, 0.29) is 0 Å². The molecule has 0 radical (unpaired) electrons. The highest BCUT2D eigenvalue weighted by Gasteiger charge is 2.30. The average molecular weight is 277 g/mol. The van der Waals surface area contributed by atoms with Crippen LogP contribution in [0.15, 0.2) is 42.6 Å². The lowest BCUT2D eigenvalue weighted by Crippen LogP contribution is -2.38. The fourth-order valence-corrected chi connectivity index (χ4v) is 3.20. The molecule has 3 nitrogen and oxygen atoms in total. The van der Waals surface area contributed by atoms with E-state index in [1.807, 2.05) is 12.1 Å². The van der Waals surface area contributed by atoms with Crippen molar-refractivity contribution in [2.45, 2.75) is 26.3 Å². The molecule has 0 amide bonds. The number of benzene rings is 1. The van der Waals surface area contributed by atoms with Gasteiger partial charge in [-0.2, -0.15) is 5.26 Å². The molecule has 1 aromatic heterocycles. The van der Waals surface area contributed by atoms with E-state index in [1.165, 1.54) is 11.1 Å². The van der Waals surface area contributed by atoms with E-state index in [0.29, 0.717) is 17.5 Å². The molecule has 1 unspecified atom stereocenters. The highest BCUT2D eigenvalue weighted by molar-refractivity contribution is 5.49. The molecule has 0 bridgehead atoms. The minimum Gasteiger partial charge on any atom is -0.349 e. The Morgan fingerprint density at radius 1 is 1.24 bits per heavy atom. The third-order valence-corrected chi connectivity index (χ3v) is 4.13. The summed E-state index contributed by atoms with van der Waals surface area (Å²) in [5, 5.41) is 8.91. The molecule has 0 aliphatic carbocycles. The van der Waals surface area contributed by atoms with Gasteiger partial charge in [0.25, 0.3) is 0 Å². The Kier molecular flexibility index (Phi) is 3.62. The molecule has 0 saturated heterocycles. The Labute approximate surface area is 125 Å².